The molecule has 3 fully saturated rings. The molecular formula is C18H19F2N3O5. The van der Waals surface area contributed by atoms with Crippen LogP contribution in [0.5, 0.6) is 0 Å². The van der Waals surface area contributed by atoms with Crippen molar-refractivity contribution in [1.29, 1.82) is 0 Å². The van der Waals surface area contributed by atoms with Crippen LogP contribution in [-0.4, -0.2) is 56.4 Å². The Bertz CT molecular complexity index is 800. The predicted molar refractivity (Wildman–Crippen MR) is 91.7 cm³/mol. The molecule has 1 aromatic carbocycles. The molecule has 0 radical (unpaired) electrons. The molecule has 10 heteroatoms. The third-order valence-electron chi connectivity index (χ3n) is 5.10. The van der Waals surface area contributed by atoms with Crippen LogP contribution in [0.4, 0.5) is 19.3 Å². The van der Waals surface area contributed by atoms with Gasteiger partial charge in [-0.05, 0) is 18.6 Å². The number of piperidine rings is 1. The smallest absolute Gasteiger partial charge is 0.407 e. The highest BCUT2D eigenvalue weighted by Gasteiger charge is 2.35. The van der Waals surface area contributed by atoms with Crippen molar-refractivity contribution in [3.63, 3.8) is 0 Å². The SMILES string of the molecule is O=C1CCC(c2c(F)cc(N3CC(OC(=O)NC4COC4)C3)cc2F)C(=O)N1. The van der Waals surface area contributed by atoms with E-state index < -0.39 is 35.5 Å². The summed E-state index contributed by atoms with van der Waals surface area (Å²) in [6.45, 7) is 1.55. The molecule has 3 aliphatic rings. The van der Waals surface area contributed by atoms with Gasteiger partial charge < -0.3 is 19.7 Å². The second-order valence-electron chi connectivity index (χ2n) is 7.14. The van der Waals surface area contributed by atoms with E-state index in [1.54, 1.807) is 4.90 Å². The highest BCUT2D eigenvalue weighted by atomic mass is 19.1. The van der Waals surface area contributed by atoms with Gasteiger partial charge >= 0.3 is 6.09 Å². The summed E-state index contributed by atoms with van der Waals surface area (Å²) in [5, 5.41) is 4.76. The minimum Gasteiger partial charge on any atom is -0.442 e. The molecule has 3 aliphatic heterocycles. The van der Waals surface area contributed by atoms with Gasteiger partial charge in [-0.3, -0.25) is 14.9 Å². The third-order valence-corrected chi connectivity index (χ3v) is 5.10. The monoisotopic (exact) mass is 395 g/mol. The number of halogens is 2. The summed E-state index contributed by atoms with van der Waals surface area (Å²) in [6.07, 6.45) is -0.805. The number of ether oxygens (including phenoxy) is 2. The van der Waals surface area contributed by atoms with Gasteiger partial charge in [-0.2, -0.15) is 0 Å². The van der Waals surface area contributed by atoms with Gasteiger partial charge in [0.15, 0.2) is 0 Å². The Labute approximate surface area is 159 Å². The summed E-state index contributed by atoms with van der Waals surface area (Å²) < 4.78 is 39.3. The van der Waals surface area contributed by atoms with Gasteiger partial charge in [-0.1, -0.05) is 0 Å². The van der Waals surface area contributed by atoms with E-state index in [0.717, 1.165) is 12.1 Å². The third kappa shape index (κ3) is 3.64. The number of carbonyl (C=O) groups excluding carboxylic acids is 3. The van der Waals surface area contributed by atoms with E-state index >= 15 is 0 Å². The number of benzene rings is 1. The number of amides is 3. The molecule has 2 N–H and O–H groups in total. The number of rotatable bonds is 4. The van der Waals surface area contributed by atoms with Crippen molar-refractivity contribution in [3.05, 3.63) is 29.3 Å². The number of nitrogens with one attached hydrogen (secondary N) is 2. The number of hydrogen-bond donors (Lipinski definition) is 2. The highest BCUT2D eigenvalue weighted by Crippen LogP contribution is 2.33. The topological polar surface area (TPSA) is 97.0 Å². The maximum absolute atomic E-state index is 14.5. The van der Waals surface area contributed by atoms with E-state index in [1.807, 2.05) is 0 Å². The standard InChI is InChI=1S/C18H19F2N3O5/c19-13-3-10(4-14(20)16(13)12-1-2-15(24)22-17(12)25)23-5-11(6-23)28-18(26)21-9-7-27-8-9/h3-4,9,11-12H,1-2,5-8H2,(H,21,26)(H,22,24,25). The Morgan fingerprint density at radius 3 is 2.46 bits per heavy atom. The van der Waals surface area contributed by atoms with E-state index in [0.29, 0.717) is 32.0 Å². The molecule has 3 heterocycles. The van der Waals surface area contributed by atoms with Gasteiger partial charge in [0.25, 0.3) is 0 Å². The van der Waals surface area contributed by atoms with Crippen LogP contribution in [0.1, 0.15) is 24.3 Å². The maximum atomic E-state index is 14.5. The van der Waals surface area contributed by atoms with Crippen LogP contribution in [0.3, 0.4) is 0 Å². The van der Waals surface area contributed by atoms with E-state index in [1.165, 1.54) is 0 Å². The van der Waals surface area contributed by atoms with Gasteiger partial charge in [0.1, 0.15) is 17.7 Å². The zero-order valence-electron chi connectivity index (χ0n) is 14.9. The fourth-order valence-electron chi connectivity index (χ4n) is 3.45. The number of hydrogen-bond acceptors (Lipinski definition) is 6. The molecule has 4 rings (SSSR count). The molecule has 0 aromatic heterocycles. The normalized spacial score (nSPS) is 22.9. The first-order valence-corrected chi connectivity index (χ1v) is 9.03. The molecule has 8 nitrogen and oxygen atoms in total. The zero-order valence-corrected chi connectivity index (χ0v) is 14.9. The van der Waals surface area contributed by atoms with Crippen molar-refractivity contribution >= 4 is 23.6 Å². The molecule has 0 saturated carbocycles. The van der Waals surface area contributed by atoms with Crippen molar-refractivity contribution in [3.8, 4) is 0 Å². The molecule has 150 valence electrons. The predicted octanol–water partition coefficient (Wildman–Crippen LogP) is 0.799. The number of nitrogens with zero attached hydrogens (tertiary/aromatic N) is 1. The second-order valence-corrected chi connectivity index (χ2v) is 7.14. The fourth-order valence-corrected chi connectivity index (χ4v) is 3.45. The van der Waals surface area contributed by atoms with Crippen LogP contribution in [0.2, 0.25) is 0 Å². The molecular weight excluding hydrogens is 376 g/mol. The number of alkyl carbamates (subject to hydrolysis) is 1. The largest absolute Gasteiger partial charge is 0.442 e. The number of imide groups is 1. The summed E-state index contributed by atoms with van der Waals surface area (Å²) >= 11 is 0. The average Bonchev–Trinajstić information content (AvgIpc) is 2.55. The Hall–Kier alpha value is -2.75. The molecule has 1 unspecified atom stereocenters. The van der Waals surface area contributed by atoms with Crippen molar-refractivity contribution in [1.82, 2.24) is 10.6 Å². The molecule has 0 bridgehead atoms. The van der Waals surface area contributed by atoms with Crippen LogP contribution in [0.15, 0.2) is 12.1 Å². The maximum Gasteiger partial charge on any atom is 0.407 e. The lowest BCUT2D eigenvalue weighted by molar-refractivity contribution is -0.134. The van der Waals surface area contributed by atoms with Crippen LogP contribution in [0.25, 0.3) is 0 Å². The first kappa shape index (κ1) is 18.6. The lowest BCUT2D eigenvalue weighted by atomic mass is 9.89. The highest BCUT2D eigenvalue weighted by molar-refractivity contribution is 6.01. The molecule has 0 aliphatic carbocycles. The van der Waals surface area contributed by atoms with Crippen LogP contribution in [0, 0.1) is 11.6 Å². The molecule has 28 heavy (non-hydrogen) atoms. The Balaban J connectivity index is 1.37. The summed E-state index contributed by atoms with van der Waals surface area (Å²) in [6, 6.07) is 2.28. The summed E-state index contributed by atoms with van der Waals surface area (Å²) in [5.41, 5.74) is -0.0251. The van der Waals surface area contributed by atoms with Crippen LogP contribution >= 0.6 is 0 Å². The molecule has 0 spiro atoms. The molecule has 3 amide bonds. The first-order chi connectivity index (χ1) is 13.4. The van der Waals surface area contributed by atoms with Gasteiger partial charge in [-0.15, -0.1) is 0 Å². The van der Waals surface area contributed by atoms with Gasteiger partial charge in [-0.25, -0.2) is 13.6 Å². The van der Waals surface area contributed by atoms with Crippen molar-refractivity contribution in [2.45, 2.75) is 30.9 Å². The Morgan fingerprint density at radius 2 is 1.89 bits per heavy atom. The number of carbonyl (C=O) groups is 3. The number of anilines is 1. The minimum absolute atomic E-state index is 0.0355. The van der Waals surface area contributed by atoms with E-state index in [-0.39, 0.29) is 30.6 Å². The molecule has 3 saturated heterocycles. The Morgan fingerprint density at radius 1 is 1.21 bits per heavy atom. The zero-order chi connectivity index (χ0) is 19.8. The summed E-state index contributed by atoms with van der Waals surface area (Å²) in [5.74, 6) is -3.84. The second kappa shape index (κ2) is 7.34. The fraction of sp³-hybridized carbons (Fsp3) is 0.500. The van der Waals surface area contributed by atoms with Gasteiger partial charge in [0.05, 0.1) is 38.3 Å². The quantitative estimate of drug-likeness (QED) is 0.732. The van der Waals surface area contributed by atoms with Crippen LogP contribution in [-0.2, 0) is 19.1 Å². The summed E-state index contributed by atoms with van der Waals surface area (Å²) in [4.78, 5) is 36.5. The van der Waals surface area contributed by atoms with E-state index in [4.69, 9.17) is 9.47 Å². The lowest BCUT2D eigenvalue weighted by Crippen LogP contribution is -2.56. The van der Waals surface area contributed by atoms with E-state index in [9.17, 15) is 23.2 Å². The van der Waals surface area contributed by atoms with Gasteiger partial charge in [0.2, 0.25) is 11.8 Å². The first-order valence-electron chi connectivity index (χ1n) is 9.03. The van der Waals surface area contributed by atoms with Crippen molar-refractivity contribution < 1.29 is 32.6 Å². The average molecular weight is 395 g/mol. The van der Waals surface area contributed by atoms with Gasteiger partial charge in [0, 0.05) is 17.7 Å². The Kier molecular flexibility index (Phi) is 4.88. The van der Waals surface area contributed by atoms with Crippen molar-refractivity contribution in [2.75, 3.05) is 31.2 Å². The minimum atomic E-state index is -1.03. The molecule has 1 atom stereocenters. The van der Waals surface area contributed by atoms with Crippen LogP contribution < -0.4 is 15.5 Å². The lowest BCUT2D eigenvalue weighted by Gasteiger charge is -2.40. The van der Waals surface area contributed by atoms with Crippen molar-refractivity contribution in [2.24, 2.45) is 0 Å². The summed E-state index contributed by atoms with van der Waals surface area (Å²) in [7, 11) is 0. The molecule has 1 aromatic rings. The van der Waals surface area contributed by atoms with E-state index in [2.05, 4.69) is 10.6 Å².